The molecule has 1 heterocycles. The van der Waals surface area contributed by atoms with Gasteiger partial charge in [-0.15, -0.1) is 0 Å². The van der Waals surface area contributed by atoms with Gasteiger partial charge < -0.3 is 10.1 Å². The number of carbonyl (C=O) groups is 2. The predicted molar refractivity (Wildman–Crippen MR) is 93.4 cm³/mol. The highest BCUT2D eigenvalue weighted by atomic mass is 16.5. The van der Waals surface area contributed by atoms with Crippen molar-refractivity contribution in [1.82, 2.24) is 10.2 Å². The van der Waals surface area contributed by atoms with E-state index in [0.717, 1.165) is 31.5 Å². The molecule has 5 heteroatoms. The lowest BCUT2D eigenvalue weighted by molar-refractivity contribution is -0.149. The van der Waals surface area contributed by atoms with Crippen molar-refractivity contribution in [1.29, 1.82) is 0 Å². The van der Waals surface area contributed by atoms with Gasteiger partial charge >= 0.3 is 5.97 Å². The number of esters is 1. The van der Waals surface area contributed by atoms with Gasteiger partial charge in [-0.1, -0.05) is 30.3 Å². The van der Waals surface area contributed by atoms with E-state index in [1.165, 1.54) is 0 Å². The Morgan fingerprint density at radius 1 is 1.21 bits per heavy atom. The van der Waals surface area contributed by atoms with Crippen molar-refractivity contribution in [2.24, 2.45) is 5.92 Å². The molecule has 1 fully saturated rings. The summed E-state index contributed by atoms with van der Waals surface area (Å²) in [5.41, 5.74) is 1.10. The maximum atomic E-state index is 12.5. The first-order valence-electron chi connectivity index (χ1n) is 8.79. The molecule has 0 bridgehead atoms. The zero-order valence-corrected chi connectivity index (χ0v) is 14.8. The van der Waals surface area contributed by atoms with Crippen LogP contribution in [0.5, 0.6) is 0 Å². The smallest absolute Gasteiger partial charge is 0.309 e. The van der Waals surface area contributed by atoms with Gasteiger partial charge in [0, 0.05) is 0 Å². The molecule has 1 N–H and O–H groups in total. The van der Waals surface area contributed by atoms with Gasteiger partial charge in [0.15, 0.2) is 0 Å². The number of nitrogens with one attached hydrogen (secondary N) is 1. The fourth-order valence-electron chi connectivity index (χ4n) is 3.11. The zero-order chi connectivity index (χ0) is 17.5. The first-order valence-corrected chi connectivity index (χ1v) is 8.79. The molecule has 132 valence electrons. The highest BCUT2D eigenvalue weighted by molar-refractivity contribution is 5.81. The van der Waals surface area contributed by atoms with Crippen molar-refractivity contribution in [3.8, 4) is 0 Å². The Hall–Kier alpha value is -1.88. The molecule has 0 saturated carbocycles. The molecule has 1 aromatic carbocycles. The normalized spacial score (nSPS) is 18.6. The number of hydrogen-bond acceptors (Lipinski definition) is 4. The fourth-order valence-corrected chi connectivity index (χ4v) is 3.11. The third-order valence-electron chi connectivity index (χ3n) is 4.73. The Kier molecular flexibility index (Phi) is 6.79. The van der Waals surface area contributed by atoms with E-state index < -0.39 is 0 Å². The summed E-state index contributed by atoms with van der Waals surface area (Å²) < 4.78 is 5.09. The van der Waals surface area contributed by atoms with E-state index >= 15 is 0 Å². The van der Waals surface area contributed by atoms with Crippen LogP contribution in [0.4, 0.5) is 0 Å². The Morgan fingerprint density at radius 2 is 1.83 bits per heavy atom. The second-order valence-electron chi connectivity index (χ2n) is 6.38. The van der Waals surface area contributed by atoms with Gasteiger partial charge in [0.25, 0.3) is 0 Å². The predicted octanol–water partition coefficient (Wildman–Crippen LogP) is 2.53. The third kappa shape index (κ3) is 4.81. The summed E-state index contributed by atoms with van der Waals surface area (Å²) in [4.78, 5) is 26.4. The largest absolute Gasteiger partial charge is 0.466 e. The van der Waals surface area contributed by atoms with E-state index in [0.29, 0.717) is 6.61 Å². The average Bonchev–Trinajstić information content (AvgIpc) is 2.62. The molecule has 0 radical (unpaired) electrons. The highest BCUT2D eigenvalue weighted by Crippen LogP contribution is 2.21. The summed E-state index contributed by atoms with van der Waals surface area (Å²) in [7, 11) is 0. The summed E-state index contributed by atoms with van der Waals surface area (Å²) >= 11 is 0. The van der Waals surface area contributed by atoms with Crippen molar-refractivity contribution in [2.45, 2.75) is 45.7 Å². The molecule has 1 saturated heterocycles. The number of rotatable bonds is 6. The molecule has 1 amide bonds. The molecule has 0 unspecified atom stereocenters. The van der Waals surface area contributed by atoms with Crippen molar-refractivity contribution < 1.29 is 14.3 Å². The van der Waals surface area contributed by atoms with Crippen LogP contribution < -0.4 is 5.32 Å². The lowest BCUT2D eigenvalue weighted by Gasteiger charge is -2.34. The van der Waals surface area contributed by atoms with E-state index in [1.807, 2.05) is 51.1 Å². The summed E-state index contributed by atoms with van der Waals surface area (Å²) in [6, 6.07) is 9.73. The summed E-state index contributed by atoms with van der Waals surface area (Å²) in [5, 5.41) is 3.08. The van der Waals surface area contributed by atoms with Gasteiger partial charge in [0.05, 0.1) is 24.6 Å². The molecule has 0 spiro atoms. The number of piperidine rings is 1. The number of amides is 1. The SMILES string of the molecule is CCOC(=O)C1CCN([C@@H](C)C(=O)N[C@@H](C)c2ccccc2)CC1. The minimum atomic E-state index is -0.195. The summed E-state index contributed by atoms with van der Waals surface area (Å²) in [6.45, 7) is 7.67. The second kappa shape index (κ2) is 8.83. The maximum Gasteiger partial charge on any atom is 0.309 e. The van der Waals surface area contributed by atoms with Gasteiger partial charge in [0.2, 0.25) is 5.91 Å². The van der Waals surface area contributed by atoms with Crippen molar-refractivity contribution in [3.63, 3.8) is 0 Å². The zero-order valence-electron chi connectivity index (χ0n) is 14.8. The number of benzene rings is 1. The summed E-state index contributed by atoms with van der Waals surface area (Å²) in [5.74, 6) is -0.104. The van der Waals surface area contributed by atoms with E-state index in [2.05, 4.69) is 10.2 Å². The first-order chi connectivity index (χ1) is 11.5. The lowest BCUT2D eigenvalue weighted by Crippen LogP contribution is -2.49. The molecule has 24 heavy (non-hydrogen) atoms. The Labute approximate surface area is 144 Å². The first kappa shape index (κ1) is 18.5. The summed E-state index contributed by atoms with van der Waals surface area (Å²) in [6.07, 6.45) is 1.51. The van der Waals surface area contributed by atoms with Gasteiger partial charge in [-0.25, -0.2) is 0 Å². The standard InChI is InChI=1S/C19H28N2O3/c1-4-24-19(23)17-10-12-21(13-11-17)15(3)18(22)20-14(2)16-8-6-5-7-9-16/h5-9,14-15,17H,4,10-13H2,1-3H3,(H,20,22)/t14-,15-/m0/s1. The quantitative estimate of drug-likeness (QED) is 0.813. The van der Waals surface area contributed by atoms with Crippen molar-refractivity contribution in [2.75, 3.05) is 19.7 Å². The Balaban J connectivity index is 1.83. The monoisotopic (exact) mass is 332 g/mol. The van der Waals surface area contributed by atoms with E-state index in [-0.39, 0.29) is 29.9 Å². The highest BCUT2D eigenvalue weighted by Gasteiger charge is 2.30. The Morgan fingerprint density at radius 3 is 2.42 bits per heavy atom. The van der Waals surface area contributed by atoms with Crippen molar-refractivity contribution >= 4 is 11.9 Å². The van der Waals surface area contributed by atoms with E-state index in [9.17, 15) is 9.59 Å². The molecule has 0 aliphatic carbocycles. The van der Waals surface area contributed by atoms with Gasteiger partial charge in [-0.3, -0.25) is 14.5 Å². The molecule has 1 aliphatic rings. The average molecular weight is 332 g/mol. The van der Waals surface area contributed by atoms with Crippen LogP contribution in [0.15, 0.2) is 30.3 Å². The molecule has 2 rings (SSSR count). The van der Waals surface area contributed by atoms with Crippen LogP contribution in [0, 0.1) is 5.92 Å². The van der Waals surface area contributed by atoms with Crippen LogP contribution in [-0.2, 0) is 14.3 Å². The second-order valence-corrected chi connectivity index (χ2v) is 6.38. The molecule has 0 aromatic heterocycles. The minimum absolute atomic E-state index is 0.0155. The van der Waals surface area contributed by atoms with Gasteiger partial charge in [-0.2, -0.15) is 0 Å². The van der Waals surface area contributed by atoms with E-state index in [4.69, 9.17) is 4.74 Å². The Bertz CT molecular complexity index is 539. The van der Waals surface area contributed by atoms with Crippen LogP contribution in [0.25, 0.3) is 0 Å². The fraction of sp³-hybridized carbons (Fsp3) is 0.579. The van der Waals surface area contributed by atoms with Crippen LogP contribution >= 0.6 is 0 Å². The molecule has 1 aliphatic heterocycles. The molecule has 5 nitrogen and oxygen atoms in total. The van der Waals surface area contributed by atoms with E-state index in [1.54, 1.807) is 0 Å². The van der Waals surface area contributed by atoms with Gasteiger partial charge in [-0.05, 0) is 52.3 Å². The number of hydrogen-bond donors (Lipinski definition) is 1. The third-order valence-corrected chi connectivity index (χ3v) is 4.73. The molecule has 2 atom stereocenters. The number of carbonyl (C=O) groups excluding carboxylic acids is 2. The molecule has 1 aromatic rings. The topological polar surface area (TPSA) is 58.6 Å². The number of ether oxygens (including phenoxy) is 1. The number of nitrogens with zero attached hydrogens (tertiary/aromatic N) is 1. The molecular formula is C19H28N2O3. The van der Waals surface area contributed by atoms with Crippen LogP contribution in [-0.4, -0.2) is 42.5 Å². The molecular weight excluding hydrogens is 304 g/mol. The van der Waals surface area contributed by atoms with Crippen LogP contribution in [0.1, 0.15) is 45.2 Å². The van der Waals surface area contributed by atoms with Crippen LogP contribution in [0.3, 0.4) is 0 Å². The number of likely N-dealkylation sites (tertiary alicyclic amines) is 1. The minimum Gasteiger partial charge on any atom is -0.466 e. The van der Waals surface area contributed by atoms with Crippen molar-refractivity contribution in [3.05, 3.63) is 35.9 Å². The maximum absolute atomic E-state index is 12.5. The van der Waals surface area contributed by atoms with Crippen LogP contribution in [0.2, 0.25) is 0 Å². The van der Waals surface area contributed by atoms with Gasteiger partial charge in [0.1, 0.15) is 0 Å². The lowest BCUT2D eigenvalue weighted by atomic mass is 9.96.